The molecule has 0 bridgehead atoms. The molecule has 5 nitrogen and oxygen atoms in total. The predicted octanol–water partition coefficient (Wildman–Crippen LogP) is 1.31. The van der Waals surface area contributed by atoms with Gasteiger partial charge in [-0.05, 0) is 18.2 Å². The lowest BCUT2D eigenvalue weighted by Crippen LogP contribution is -2.55. The quantitative estimate of drug-likeness (QED) is 0.883. The van der Waals surface area contributed by atoms with Crippen LogP contribution in [0.2, 0.25) is 0 Å². The van der Waals surface area contributed by atoms with Gasteiger partial charge in [0.2, 0.25) is 5.95 Å². The zero-order valence-electron chi connectivity index (χ0n) is 9.62. The van der Waals surface area contributed by atoms with Gasteiger partial charge in [-0.3, -0.25) is 0 Å². The zero-order chi connectivity index (χ0) is 12.4. The number of hydrogen-bond donors (Lipinski definition) is 1. The van der Waals surface area contributed by atoms with E-state index in [0.717, 1.165) is 18.9 Å². The average molecular weight is 245 g/mol. The van der Waals surface area contributed by atoms with Gasteiger partial charge in [0.25, 0.3) is 0 Å². The van der Waals surface area contributed by atoms with Crippen molar-refractivity contribution in [3.63, 3.8) is 0 Å². The van der Waals surface area contributed by atoms with Crippen LogP contribution in [0.4, 0.5) is 16.2 Å². The van der Waals surface area contributed by atoms with E-state index in [1.165, 1.54) is 12.3 Å². The second kappa shape index (κ2) is 4.56. The van der Waals surface area contributed by atoms with Crippen molar-refractivity contribution in [3.8, 4) is 0 Å². The molecule has 18 heavy (non-hydrogen) atoms. The molecule has 2 aromatic heterocycles. The molecule has 6 heteroatoms. The van der Waals surface area contributed by atoms with Crippen molar-refractivity contribution in [2.24, 2.45) is 0 Å². The molecule has 1 saturated heterocycles. The highest BCUT2D eigenvalue weighted by molar-refractivity contribution is 5.44. The van der Waals surface area contributed by atoms with Gasteiger partial charge < -0.3 is 10.2 Å². The zero-order valence-corrected chi connectivity index (χ0v) is 9.62. The molecule has 0 spiro atoms. The molecule has 0 amide bonds. The summed E-state index contributed by atoms with van der Waals surface area (Å²) in [5.41, 5.74) is 0. The van der Waals surface area contributed by atoms with E-state index in [-0.39, 0.29) is 5.82 Å². The topological polar surface area (TPSA) is 53.9 Å². The van der Waals surface area contributed by atoms with E-state index < -0.39 is 0 Å². The van der Waals surface area contributed by atoms with Gasteiger partial charge in [-0.15, -0.1) is 0 Å². The normalized spacial score (nSPS) is 15.3. The van der Waals surface area contributed by atoms with Gasteiger partial charge in [0.1, 0.15) is 11.6 Å². The number of halogens is 1. The minimum atomic E-state index is -0.313. The standard InChI is InChI=1S/C12H12FN5/c13-9-2-3-11(16-6-9)18-7-10(8-18)17-12-14-4-1-5-15-12/h1-6,10H,7-8H2,(H,14,15,17). The van der Waals surface area contributed by atoms with Gasteiger partial charge in [-0.1, -0.05) is 0 Å². The summed E-state index contributed by atoms with van der Waals surface area (Å²) in [6.07, 6.45) is 4.64. The summed E-state index contributed by atoms with van der Waals surface area (Å²) in [7, 11) is 0. The van der Waals surface area contributed by atoms with Crippen LogP contribution in [0.15, 0.2) is 36.8 Å². The van der Waals surface area contributed by atoms with Crippen molar-refractivity contribution in [2.45, 2.75) is 6.04 Å². The van der Waals surface area contributed by atoms with Crippen molar-refractivity contribution >= 4 is 11.8 Å². The van der Waals surface area contributed by atoms with Crippen LogP contribution in [-0.4, -0.2) is 34.1 Å². The van der Waals surface area contributed by atoms with Crippen LogP contribution < -0.4 is 10.2 Å². The number of nitrogens with zero attached hydrogens (tertiary/aromatic N) is 4. The first-order valence-corrected chi connectivity index (χ1v) is 5.71. The predicted molar refractivity (Wildman–Crippen MR) is 65.9 cm³/mol. The minimum absolute atomic E-state index is 0.305. The molecule has 1 aliphatic rings. The number of anilines is 2. The number of hydrogen-bond acceptors (Lipinski definition) is 5. The Morgan fingerprint density at radius 3 is 2.61 bits per heavy atom. The summed E-state index contributed by atoms with van der Waals surface area (Å²) in [5.74, 6) is 1.12. The summed E-state index contributed by atoms with van der Waals surface area (Å²) < 4.78 is 12.7. The van der Waals surface area contributed by atoms with Crippen LogP contribution >= 0.6 is 0 Å². The second-order valence-corrected chi connectivity index (χ2v) is 4.15. The van der Waals surface area contributed by atoms with Crippen LogP contribution in [0.25, 0.3) is 0 Å². The van der Waals surface area contributed by atoms with Gasteiger partial charge in [-0.2, -0.15) is 0 Å². The fraction of sp³-hybridized carbons (Fsp3) is 0.250. The van der Waals surface area contributed by atoms with Crippen molar-refractivity contribution in [1.29, 1.82) is 0 Å². The molecule has 0 aliphatic carbocycles. The average Bonchev–Trinajstić information content (AvgIpc) is 2.36. The molecule has 0 atom stereocenters. The molecule has 1 aliphatic heterocycles. The van der Waals surface area contributed by atoms with E-state index in [4.69, 9.17) is 0 Å². The molecule has 3 heterocycles. The molecule has 0 aromatic carbocycles. The van der Waals surface area contributed by atoms with E-state index in [2.05, 4.69) is 25.2 Å². The maximum atomic E-state index is 12.7. The van der Waals surface area contributed by atoms with E-state index in [1.54, 1.807) is 24.5 Å². The second-order valence-electron chi connectivity index (χ2n) is 4.15. The Bertz CT molecular complexity index is 510. The molecule has 0 radical (unpaired) electrons. The highest BCUT2D eigenvalue weighted by atomic mass is 19.1. The van der Waals surface area contributed by atoms with Crippen molar-refractivity contribution in [1.82, 2.24) is 15.0 Å². The number of aromatic nitrogens is 3. The van der Waals surface area contributed by atoms with Crippen molar-refractivity contribution < 1.29 is 4.39 Å². The van der Waals surface area contributed by atoms with E-state index in [9.17, 15) is 4.39 Å². The Balaban J connectivity index is 1.56. The third kappa shape index (κ3) is 2.22. The maximum Gasteiger partial charge on any atom is 0.222 e. The fourth-order valence-corrected chi connectivity index (χ4v) is 1.87. The molecular formula is C12H12FN5. The molecular weight excluding hydrogens is 233 g/mol. The molecule has 0 saturated carbocycles. The monoisotopic (exact) mass is 245 g/mol. The highest BCUT2D eigenvalue weighted by Crippen LogP contribution is 2.19. The van der Waals surface area contributed by atoms with Crippen LogP contribution in [0.5, 0.6) is 0 Å². The maximum absolute atomic E-state index is 12.7. The van der Waals surface area contributed by atoms with Crippen molar-refractivity contribution in [3.05, 3.63) is 42.6 Å². The van der Waals surface area contributed by atoms with Gasteiger partial charge in [0.15, 0.2) is 0 Å². The summed E-state index contributed by atoms with van der Waals surface area (Å²) in [4.78, 5) is 14.3. The Kier molecular flexibility index (Phi) is 2.76. The summed E-state index contributed by atoms with van der Waals surface area (Å²) in [6, 6.07) is 5.19. The Morgan fingerprint density at radius 1 is 1.17 bits per heavy atom. The number of nitrogens with one attached hydrogen (secondary N) is 1. The van der Waals surface area contributed by atoms with E-state index in [1.807, 2.05) is 0 Å². The van der Waals surface area contributed by atoms with Crippen LogP contribution in [0, 0.1) is 5.82 Å². The molecule has 1 N–H and O–H groups in total. The third-order valence-electron chi connectivity index (χ3n) is 2.82. The minimum Gasteiger partial charge on any atom is -0.352 e. The molecule has 92 valence electrons. The summed E-state index contributed by atoms with van der Waals surface area (Å²) in [6.45, 7) is 1.63. The van der Waals surface area contributed by atoms with E-state index >= 15 is 0 Å². The lowest BCUT2D eigenvalue weighted by Gasteiger charge is -2.40. The number of rotatable bonds is 3. The Morgan fingerprint density at radius 2 is 1.94 bits per heavy atom. The SMILES string of the molecule is Fc1ccc(N2CC(Nc3ncccn3)C2)nc1. The lowest BCUT2D eigenvalue weighted by molar-refractivity contribution is 0.539. The first kappa shape index (κ1) is 10.9. The molecule has 3 rings (SSSR count). The first-order valence-electron chi connectivity index (χ1n) is 5.71. The smallest absolute Gasteiger partial charge is 0.222 e. The van der Waals surface area contributed by atoms with Crippen molar-refractivity contribution in [2.75, 3.05) is 23.3 Å². The molecule has 1 fully saturated rings. The summed E-state index contributed by atoms with van der Waals surface area (Å²) in [5, 5.41) is 3.22. The van der Waals surface area contributed by atoms with Crippen LogP contribution in [0.3, 0.4) is 0 Å². The van der Waals surface area contributed by atoms with Gasteiger partial charge in [0, 0.05) is 25.5 Å². The molecule has 2 aromatic rings. The van der Waals surface area contributed by atoms with Crippen LogP contribution in [0.1, 0.15) is 0 Å². The van der Waals surface area contributed by atoms with Gasteiger partial charge in [0.05, 0.1) is 12.2 Å². The third-order valence-corrected chi connectivity index (χ3v) is 2.82. The largest absolute Gasteiger partial charge is 0.352 e. The summed E-state index contributed by atoms with van der Waals surface area (Å²) >= 11 is 0. The fourth-order valence-electron chi connectivity index (χ4n) is 1.87. The Hall–Kier alpha value is -2.24. The Labute approximate surface area is 104 Å². The number of pyridine rings is 1. The van der Waals surface area contributed by atoms with E-state index in [0.29, 0.717) is 12.0 Å². The van der Waals surface area contributed by atoms with Gasteiger partial charge >= 0.3 is 0 Å². The lowest BCUT2D eigenvalue weighted by atomic mass is 10.1. The highest BCUT2D eigenvalue weighted by Gasteiger charge is 2.27. The van der Waals surface area contributed by atoms with Gasteiger partial charge in [-0.25, -0.2) is 19.3 Å². The van der Waals surface area contributed by atoms with Crippen LogP contribution in [-0.2, 0) is 0 Å². The first-order chi connectivity index (χ1) is 8.81. The molecule has 0 unspecified atom stereocenters.